The van der Waals surface area contributed by atoms with Gasteiger partial charge in [0.2, 0.25) is 5.88 Å². The van der Waals surface area contributed by atoms with E-state index in [2.05, 4.69) is 10.3 Å². The summed E-state index contributed by atoms with van der Waals surface area (Å²) in [4.78, 5) is 27.3. The maximum absolute atomic E-state index is 12.0. The highest BCUT2D eigenvalue weighted by Crippen LogP contribution is 2.13. The Hall–Kier alpha value is -2.11. The van der Waals surface area contributed by atoms with Crippen molar-refractivity contribution in [3.63, 3.8) is 0 Å². The fourth-order valence-corrected chi connectivity index (χ4v) is 1.51. The van der Waals surface area contributed by atoms with E-state index >= 15 is 0 Å². The third-order valence-electron chi connectivity index (χ3n) is 2.28. The van der Waals surface area contributed by atoms with Crippen LogP contribution in [0.4, 0.5) is 0 Å². The van der Waals surface area contributed by atoms with Crippen molar-refractivity contribution in [1.82, 2.24) is 10.3 Å². The Kier molecular flexibility index (Phi) is 6.49. The van der Waals surface area contributed by atoms with E-state index in [0.717, 1.165) is 0 Å². The number of esters is 1. The average molecular weight is 280 g/mol. The molecule has 1 heterocycles. The Morgan fingerprint density at radius 2 is 2.15 bits per heavy atom. The standard InChI is InChI=1S/C14H20N2O4/c1-4-19-14-11(6-5-8-16-14)13(18)15-9-7-12(17)20-10(2)3/h5-6,8,10H,4,7,9H2,1-3H3,(H,15,18). The van der Waals surface area contributed by atoms with Crippen LogP contribution in [0.5, 0.6) is 5.88 Å². The molecule has 0 aromatic carbocycles. The highest BCUT2D eigenvalue weighted by atomic mass is 16.5. The summed E-state index contributed by atoms with van der Waals surface area (Å²) in [7, 11) is 0. The summed E-state index contributed by atoms with van der Waals surface area (Å²) >= 11 is 0. The number of carbonyl (C=O) groups excluding carboxylic acids is 2. The number of hydrogen-bond donors (Lipinski definition) is 1. The lowest BCUT2D eigenvalue weighted by Gasteiger charge is -2.10. The fourth-order valence-electron chi connectivity index (χ4n) is 1.51. The summed E-state index contributed by atoms with van der Waals surface area (Å²) in [6.07, 6.45) is 1.54. The number of nitrogens with zero attached hydrogens (tertiary/aromatic N) is 1. The number of ether oxygens (including phenoxy) is 2. The molecular weight excluding hydrogens is 260 g/mol. The molecule has 0 aliphatic carbocycles. The lowest BCUT2D eigenvalue weighted by Crippen LogP contribution is -2.27. The zero-order valence-corrected chi connectivity index (χ0v) is 12.0. The summed E-state index contributed by atoms with van der Waals surface area (Å²) in [5, 5.41) is 2.64. The van der Waals surface area contributed by atoms with Gasteiger partial charge in [0, 0.05) is 12.7 Å². The minimum Gasteiger partial charge on any atom is -0.477 e. The number of aromatic nitrogens is 1. The Labute approximate surface area is 118 Å². The van der Waals surface area contributed by atoms with Gasteiger partial charge in [-0.05, 0) is 32.9 Å². The van der Waals surface area contributed by atoms with Gasteiger partial charge in [-0.1, -0.05) is 0 Å². The van der Waals surface area contributed by atoms with Gasteiger partial charge in [0.25, 0.3) is 5.91 Å². The Bertz CT molecular complexity index is 460. The van der Waals surface area contributed by atoms with Crippen LogP contribution in [-0.4, -0.2) is 36.1 Å². The monoisotopic (exact) mass is 280 g/mol. The minimum atomic E-state index is -0.337. The average Bonchev–Trinajstić information content (AvgIpc) is 2.38. The summed E-state index contributed by atoms with van der Waals surface area (Å²) in [5.74, 6) is -0.368. The number of amides is 1. The molecule has 6 heteroatoms. The zero-order valence-electron chi connectivity index (χ0n) is 12.0. The van der Waals surface area contributed by atoms with E-state index in [4.69, 9.17) is 9.47 Å². The molecule has 1 aromatic rings. The van der Waals surface area contributed by atoms with E-state index in [1.54, 1.807) is 32.2 Å². The molecular formula is C14H20N2O4. The molecule has 1 amide bonds. The second-order valence-corrected chi connectivity index (χ2v) is 4.33. The van der Waals surface area contributed by atoms with Gasteiger partial charge in [-0.15, -0.1) is 0 Å². The van der Waals surface area contributed by atoms with Crippen LogP contribution in [0.3, 0.4) is 0 Å². The van der Waals surface area contributed by atoms with E-state index in [1.165, 1.54) is 0 Å². The highest BCUT2D eigenvalue weighted by molar-refractivity contribution is 5.96. The first-order valence-electron chi connectivity index (χ1n) is 6.60. The van der Waals surface area contributed by atoms with Gasteiger partial charge < -0.3 is 14.8 Å². The minimum absolute atomic E-state index is 0.133. The number of carbonyl (C=O) groups is 2. The zero-order chi connectivity index (χ0) is 15.0. The summed E-state index contributed by atoms with van der Waals surface area (Å²) < 4.78 is 10.2. The Morgan fingerprint density at radius 3 is 2.80 bits per heavy atom. The molecule has 0 spiro atoms. The second kappa shape index (κ2) is 8.14. The molecule has 0 saturated heterocycles. The van der Waals surface area contributed by atoms with Crippen LogP contribution in [0.1, 0.15) is 37.6 Å². The maximum atomic E-state index is 12.0. The first-order chi connectivity index (χ1) is 9.54. The van der Waals surface area contributed by atoms with Crippen LogP contribution in [-0.2, 0) is 9.53 Å². The van der Waals surface area contributed by atoms with Crippen LogP contribution >= 0.6 is 0 Å². The molecule has 0 atom stereocenters. The van der Waals surface area contributed by atoms with Crippen molar-refractivity contribution in [2.24, 2.45) is 0 Å². The van der Waals surface area contributed by atoms with E-state index in [1.807, 2.05) is 6.92 Å². The van der Waals surface area contributed by atoms with Crippen LogP contribution in [0, 0.1) is 0 Å². The van der Waals surface area contributed by atoms with E-state index in [0.29, 0.717) is 12.2 Å². The molecule has 20 heavy (non-hydrogen) atoms. The summed E-state index contributed by atoms with van der Waals surface area (Å²) in [5.41, 5.74) is 0.353. The smallest absolute Gasteiger partial charge is 0.307 e. The largest absolute Gasteiger partial charge is 0.477 e. The summed E-state index contributed by atoms with van der Waals surface area (Å²) in [6, 6.07) is 3.28. The maximum Gasteiger partial charge on any atom is 0.307 e. The molecule has 1 rings (SSSR count). The van der Waals surface area contributed by atoms with Crippen LogP contribution in [0.2, 0.25) is 0 Å². The molecule has 1 aromatic heterocycles. The van der Waals surface area contributed by atoms with Crippen molar-refractivity contribution in [2.45, 2.75) is 33.3 Å². The Morgan fingerprint density at radius 1 is 1.40 bits per heavy atom. The summed E-state index contributed by atoms with van der Waals surface area (Å²) in [6.45, 7) is 6.02. The van der Waals surface area contributed by atoms with Crippen LogP contribution in [0.15, 0.2) is 18.3 Å². The fraction of sp³-hybridized carbons (Fsp3) is 0.500. The Balaban J connectivity index is 2.49. The molecule has 0 radical (unpaired) electrons. The lowest BCUT2D eigenvalue weighted by molar-refractivity contribution is -0.147. The molecule has 0 unspecified atom stereocenters. The first kappa shape index (κ1) is 15.9. The molecule has 0 bridgehead atoms. The molecule has 1 N–H and O–H groups in total. The molecule has 0 aliphatic heterocycles. The van der Waals surface area contributed by atoms with E-state index < -0.39 is 0 Å². The van der Waals surface area contributed by atoms with Gasteiger partial charge in [-0.2, -0.15) is 0 Å². The predicted molar refractivity (Wildman–Crippen MR) is 73.6 cm³/mol. The topological polar surface area (TPSA) is 77.5 Å². The quantitative estimate of drug-likeness (QED) is 0.767. The SMILES string of the molecule is CCOc1ncccc1C(=O)NCCC(=O)OC(C)C. The molecule has 0 fully saturated rings. The van der Waals surface area contributed by atoms with Gasteiger partial charge in [0.05, 0.1) is 19.1 Å². The first-order valence-corrected chi connectivity index (χ1v) is 6.60. The van der Waals surface area contributed by atoms with Crippen molar-refractivity contribution in [3.05, 3.63) is 23.9 Å². The van der Waals surface area contributed by atoms with Gasteiger partial charge in [0.1, 0.15) is 5.56 Å². The van der Waals surface area contributed by atoms with Crippen molar-refractivity contribution in [1.29, 1.82) is 0 Å². The van der Waals surface area contributed by atoms with E-state index in [9.17, 15) is 9.59 Å². The number of rotatable bonds is 7. The van der Waals surface area contributed by atoms with Crippen molar-refractivity contribution in [2.75, 3.05) is 13.2 Å². The number of pyridine rings is 1. The van der Waals surface area contributed by atoms with Crippen LogP contribution < -0.4 is 10.1 Å². The third-order valence-corrected chi connectivity index (χ3v) is 2.28. The van der Waals surface area contributed by atoms with Crippen molar-refractivity contribution >= 4 is 11.9 Å². The van der Waals surface area contributed by atoms with Gasteiger partial charge >= 0.3 is 5.97 Å². The highest BCUT2D eigenvalue weighted by Gasteiger charge is 2.13. The van der Waals surface area contributed by atoms with Gasteiger partial charge in [-0.3, -0.25) is 9.59 Å². The molecule has 0 saturated carbocycles. The van der Waals surface area contributed by atoms with Crippen molar-refractivity contribution in [3.8, 4) is 5.88 Å². The van der Waals surface area contributed by atoms with Crippen LogP contribution in [0.25, 0.3) is 0 Å². The molecule has 6 nitrogen and oxygen atoms in total. The molecule has 0 aliphatic rings. The number of nitrogens with one attached hydrogen (secondary N) is 1. The lowest BCUT2D eigenvalue weighted by atomic mass is 10.2. The molecule has 110 valence electrons. The second-order valence-electron chi connectivity index (χ2n) is 4.33. The predicted octanol–water partition coefficient (Wildman–Crippen LogP) is 1.55. The third kappa shape index (κ3) is 5.26. The van der Waals surface area contributed by atoms with E-state index in [-0.39, 0.29) is 36.8 Å². The van der Waals surface area contributed by atoms with Gasteiger partial charge in [0.15, 0.2) is 0 Å². The van der Waals surface area contributed by atoms with Gasteiger partial charge in [-0.25, -0.2) is 4.98 Å². The number of hydrogen-bond acceptors (Lipinski definition) is 5. The van der Waals surface area contributed by atoms with Crippen molar-refractivity contribution < 1.29 is 19.1 Å². The normalized spacial score (nSPS) is 10.2.